The number of rotatable bonds is 1. The van der Waals surface area contributed by atoms with Crippen LogP contribution in [0.5, 0.6) is 0 Å². The number of ether oxygens (including phenoxy) is 1. The van der Waals surface area contributed by atoms with E-state index in [2.05, 4.69) is 4.40 Å². The Kier molecular flexibility index (Phi) is 5.86. The standard InChI is InChI=1S/C22H30F2N2O3S/c1-20(2,3)29-19(27)26-9-7-22(8-10-26)13-16-15(11-14(23)12-17(16)24)18(22)25-30(28)21(4,5)6/h11-12H,7-10,13H2,1-6H3/t30-/m1/s1. The summed E-state index contributed by atoms with van der Waals surface area (Å²) in [6.07, 6.45) is 1.00. The Hall–Kier alpha value is -1.83. The Balaban J connectivity index is 1.94. The summed E-state index contributed by atoms with van der Waals surface area (Å²) in [6.45, 7) is 11.7. The monoisotopic (exact) mass is 440 g/mol. The Morgan fingerprint density at radius 2 is 1.73 bits per heavy atom. The molecule has 0 N–H and O–H groups in total. The van der Waals surface area contributed by atoms with Gasteiger partial charge in [0.25, 0.3) is 0 Å². The normalized spacial score (nSPS) is 21.1. The lowest BCUT2D eigenvalue weighted by Gasteiger charge is -2.40. The van der Waals surface area contributed by atoms with Crippen molar-refractivity contribution in [2.24, 2.45) is 9.81 Å². The fourth-order valence-electron chi connectivity index (χ4n) is 3.93. The maximum atomic E-state index is 14.6. The number of hydrogen-bond donors (Lipinski definition) is 0. The lowest BCUT2D eigenvalue weighted by atomic mass is 9.74. The summed E-state index contributed by atoms with van der Waals surface area (Å²) in [5.74, 6) is -1.28. The van der Waals surface area contributed by atoms with E-state index in [0.29, 0.717) is 49.2 Å². The van der Waals surface area contributed by atoms with Crippen LogP contribution in [-0.4, -0.2) is 44.4 Å². The van der Waals surface area contributed by atoms with Gasteiger partial charge in [0, 0.05) is 30.1 Å². The highest BCUT2D eigenvalue weighted by atomic mass is 32.2. The first-order valence-corrected chi connectivity index (χ1v) is 11.3. The van der Waals surface area contributed by atoms with Crippen LogP contribution in [0.4, 0.5) is 13.6 Å². The van der Waals surface area contributed by atoms with E-state index in [1.54, 1.807) is 4.90 Å². The Bertz CT molecular complexity index is 908. The second-order valence-electron chi connectivity index (χ2n) is 10.1. The van der Waals surface area contributed by atoms with Crippen molar-refractivity contribution in [3.05, 3.63) is 34.9 Å². The number of hydrogen-bond acceptors (Lipinski definition) is 3. The maximum absolute atomic E-state index is 14.6. The third-order valence-corrected chi connectivity index (χ3v) is 6.90. The summed E-state index contributed by atoms with van der Waals surface area (Å²) < 4.78 is 50.7. The molecule has 166 valence electrons. The summed E-state index contributed by atoms with van der Waals surface area (Å²) in [7, 11) is -1.57. The van der Waals surface area contributed by atoms with E-state index in [-0.39, 0.29) is 6.09 Å². The third kappa shape index (κ3) is 4.58. The highest BCUT2D eigenvalue weighted by molar-refractivity contribution is 7.85. The summed E-state index contributed by atoms with van der Waals surface area (Å²) in [4.78, 5) is 14.1. The van der Waals surface area contributed by atoms with E-state index in [1.807, 2.05) is 41.5 Å². The van der Waals surface area contributed by atoms with E-state index in [9.17, 15) is 17.8 Å². The average Bonchev–Trinajstić information content (AvgIpc) is 2.87. The van der Waals surface area contributed by atoms with Gasteiger partial charge in [-0.3, -0.25) is 0 Å². The van der Waals surface area contributed by atoms with Gasteiger partial charge in [-0.2, -0.15) is 4.40 Å². The van der Waals surface area contributed by atoms with Gasteiger partial charge in [-0.25, -0.2) is 17.8 Å². The van der Waals surface area contributed by atoms with Gasteiger partial charge in [0.15, 0.2) is 0 Å². The fraction of sp³-hybridized carbons (Fsp3) is 0.636. The van der Waals surface area contributed by atoms with Crippen molar-refractivity contribution in [1.82, 2.24) is 4.90 Å². The van der Waals surface area contributed by atoms with Gasteiger partial charge in [-0.1, -0.05) is 0 Å². The topological polar surface area (TPSA) is 59.0 Å². The van der Waals surface area contributed by atoms with Crippen LogP contribution in [0, 0.1) is 17.0 Å². The molecule has 1 aromatic rings. The molecule has 1 saturated heterocycles. The Labute approximate surface area is 179 Å². The first-order valence-electron chi connectivity index (χ1n) is 10.2. The predicted molar refractivity (Wildman–Crippen MR) is 114 cm³/mol. The Morgan fingerprint density at radius 3 is 2.27 bits per heavy atom. The molecular formula is C22H30F2N2O3S. The van der Waals surface area contributed by atoms with E-state index in [1.165, 1.54) is 6.07 Å². The molecule has 1 heterocycles. The van der Waals surface area contributed by atoms with Crippen LogP contribution in [0.3, 0.4) is 0 Å². The molecular weight excluding hydrogens is 410 g/mol. The summed E-state index contributed by atoms with van der Waals surface area (Å²) >= 11 is 0. The van der Waals surface area contributed by atoms with Crippen molar-refractivity contribution < 1.29 is 22.5 Å². The van der Waals surface area contributed by atoms with Crippen molar-refractivity contribution in [2.45, 2.75) is 71.2 Å². The molecule has 1 aliphatic heterocycles. The van der Waals surface area contributed by atoms with Gasteiger partial charge >= 0.3 is 6.09 Å². The molecule has 0 saturated carbocycles. The first-order chi connectivity index (χ1) is 13.7. The second kappa shape index (κ2) is 7.70. The Morgan fingerprint density at radius 1 is 1.13 bits per heavy atom. The first kappa shape index (κ1) is 22.8. The molecule has 0 bridgehead atoms. The molecule has 1 atom stereocenters. The molecule has 1 aliphatic carbocycles. The minimum Gasteiger partial charge on any atom is -0.444 e. The van der Waals surface area contributed by atoms with Crippen LogP contribution in [0.2, 0.25) is 0 Å². The van der Waals surface area contributed by atoms with Gasteiger partial charge < -0.3 is 9.64 Å². The number of fused-ring (bicyclic) bond motifs is 1. The molecule has 1 aromatic carbocycles. The fourth-order valence-corrected chi connectivity index (χ4v) is 4.66. The molecule has 8 heteroatoms. The van der Waals surface area contributed by atoms with Gasteiger partial charge in [0.2, 0.25) is 0 Å². The number of amides is 1. The number of benzene rings is 1. The van der Waals surface area contributed by atoms with Crippen LogP contribution in [0.25, 0.3) is 0 Å². The highest BCUT2D eigenvalue weighted by Crippen LogP contribution is 2.46. The molecule has 30 heavy (non-hydrogen) atoms. The van der Waals surface area contributed by atoms with Gasteiger partial charge in [-0.05, 0) is 72.4 Å². The van der Waals surface area contributed by atoms with Gasteiger partial charge in [-0.15, -0.1) is 0 Å². The number of likely N-dealkylation sites (tertiary alicyclic amines) is 1. The quantitative estimate of drug-likeness (QED) is 0.631. The minimum absolute atomic E-state index is 0.358. The molecule has 1 spiro atoms. The summed E-state index contributed by atoms with van der Waals surface area (Å²) in [6, 6.07) is 2.16. The SMILES string of the molecule is CC(C)(C)OC(=O)N1CCC2(CC1)Cc1c(F)cc(F)cc1C2=N[S@](=O)C(C)(C)C. The lowest BCUT2D eigenvalue weighted by Crippen LogP contribution is -2.47. The molecule has 1 fully saturated rings. The molecule has 3 rings (SSSR count). The molecule has 0 radical (unpaired) electrons. The molecule has 1 amide bonds. The van der Waals surface area contributed by atoms with Crippen molar-refractivity contribution in [2.75, 3.05) is 13.1 Å². The van der Waals surface area contributed by atoms with Gasteiger partial charge in [0.05, 0.1) is 10.5 Å². The van der Waals surface area contributed by atoms with E-state index < -0.39 is 38.4 Å². The van der Waals surface area contributed by atoms with Crippen LogP contribution < -0.4 is 0 Å². The second-order valence-corrected chi connectivity index (χ2v) is 12.0. The van der Waals surface area contributed by atoms with Crippen LogP contribution in [0.15, 0.2) is 16.5 Å². The van der Waals surface area contributed by atoms with Crippen LogP contribution in [0.1, 0.15) is 65.5 Å². The average molecular weight is 441 g/mol. The zero-order valence-electron chi connectivity index (χ0n) is 18.5. The van der Waals surface area contributed by atoms with Crippen LogP contribution >= 0.6 is 0 Å². The number of carbonyl (C=O) groups is 1. The van der Waals surface area contributed by atoms with Crippen molar-refractivity contribution >= 4 is 22.8 Å². The minimum atomic E-state index is -1.57. The molecule has 5 nitrogen and oxygen atoms in total. The maximum Gasteiger partial charge on any atom is 0.410 e. The van der Waals surface area contributed by atoms with Crippen molar-refractivity contribution in [3.63, 3.8) is 0 Å². The number of nitrogens with zero attached hydrogens (tertiary/aromatic N) is 2. The molecule has 0 unspecified atom stereocenters. The number of carbonyl (C=O) groups excluding carboxylic acids is 1. The number of halogens is 2. The van der Waals surface area contributed by atoms with Crippen molar-refractivity contribution in [3.8, 4) is 0 Å². The van der Waals surface area contributed by atoms with E-state index in [4.69, 9.17) is 4.74 Å². The lowest BCUT2D eigenvalue weighted by molar-refractivity contribution is 0.0159. The third-order valence-electron chi connectivity index (χ3n) is 5.50. The van der Waals surface area contributed by atoms with Crippen LogP contribution in [-0.2, 0) is 22.1 Å². The predicted octanol–water partition coefficient (Wildman–Crippen LogP) is 4.79. The highest BCUT2D eigenvalue weighted by Gasteiger charge is 2.48. The van der Waals surface area contributed by atoms with E-state index in [0.717, 1.165) is 6.07 Å². The van der Waals surface area contributed by atoms with E-state index >= 15 is 0 Å². The summed E-state index contributed by atoms with van der Waals surface area (Å²) in [5.41, 5.74) is 0.138. The molecule has 0 aromatic heterocycles. The van der Waals surface area contributed by atoms with Crippen molar-refractivity contribution in [1.29, 1.82) is 0 Å². The summed E-state index contributed by atoms with van der Waals surface area (Å²) in [5, 5.41) is 0. The largest absolute Gasteiger partial charge is 0.444 e. The number of piperidine rings is 1. The molecule has 2 aliphatic rings. The van der Waals surface area contributed by atoms with Gasteiger partial charge in [0.1, 0.15) is 28.2 Å². The smallest absolute Gasteiger partial charge is 0.410 e. The zero-order valence-corrected chi connectivity index (χ0v) is 19.3. The zero-order chi connectivity index (χ0) is 22.5.